The molecule has 0 heterocycles. The van der Waals surface area contributed by atoms with Crippen LogP contribution in [0.25, 0.3) is 0 Å². The number of benzene rings is 4. The van der Waals surface area contributed by atoms with E-state index in [9.17, 15) is 9.59 Å². The Labute approximate surface area is 199 Å². The number of carbonyl (C=O) groups is 2. The summed E-state index contributed by atoms with van der Waals surface area (Å²) >= 11 is 0. The van der Waals surface area contributed by atoms with E-state index < -0.39 is 0 Å². The molecule has 0 spiro atoms. The third-order valence-corrected chi connectivity index (χ3v) is 5.15. The maximum absolute atomic E-state index is 12.8. The lowest BCUT2D eigenvalue weighted by atomic mass is 10.1. The van der Waals surface area contributed by atoms with Crippen LogP contribution in [-0.4, -0.2) is 24.9 Å². The van der Waals surface area contributed by atoms with Gasteiger partial charge in [0.25, 0.3) is 11.8 Å². The zero-order valence-electron chi connectivity index (χ0n) is 18.6. The molecule has 0 aliphatic carbocycles. The van der Waals surface area contributed by atoms with Crippen LogP contribution < -0.4 is 21.3 Å². The third kappa shape index (κ3) is 6.01. The summed E-state index contributed by atoms with van der Waals surface area (Å²) in [4.78, 5) is 25.5. The Hall–Kier alpha value is -4.58. The van der Waals surface area contributed by atoms with Gasteiger partial charge in [-0.05, 0) is 48.5 Å². The molecule has 0 saturated heterocycles. The van der Waals surface area contributed by atoms with Crippen LogP contribution in [0.1, 0.15) is 20.7 Å². The minimum atomic E-state index is -0.209. The van der Waals surface area contributed by atoms with Crippen molar-refractivity contribution in [2.45, 2.75) is 0 Å². The second-order valence-corrected chi connectivity index (χ2v) is 7.59. The van der Waals surface area contributed by atoms with Crippen molar-refractivity contribution in [2.75, 3.05) is 23.7 Å². The lowest BCUT2D eigenvalue weighted by molar-refractivity contribution is 0.0928. The van der Waals surface area contributed by atoms with Crippen molar-refractivity contribution < 1.29 is 9.59 Å². The molecule has 4 aromatic carbocycles. The second kappa shape index (κ2) is 11.3. The van der Waals surface area contributed by atoms with Gasteiger partial charge in [-0.2, -0.15) is 0 Å². The van der Waals surface area contributed by atoms with Crippen molar-refractivity contribution in [1.29, 1.82) is 0 Å². The summed E-state index contributed by atoms with van der Waals surface area (Å²) in [6.07, 6.45) is 0. The highest BCUT2D eigenvalue weighted by Gasteiger charge is 2.13. The van der Waals surface area contributed by atoms with E-state index in [-0.39, 0.29) is 11.8 Å². The van der Waals surface area contributed by atoms with E-state index in [1.54, 1.807) is 12.1 Å². The summed E-state index contributed by atoms with van der Waals surface area (Å²) in [6.45, 7) is 0.608. The van der Waals surface area contributed by atoms with Crippen LogP contribution in [0.15, 0.2) is 109 Å². The van der Waals surface area contributed by atoms with Crippen LogP contribution in [0, 0.1) is 0 Å². The predicted octanol–water partition coefficient (Wildman–Crippen LogP) is 5.33. The molecule has 0 aliphatic heterocycles. The summed E-state index contributed by atoms with van der Waals surface area (Å²) in [7, 11) is 0. The van der Waals surface area contributed by atoms with Crippen molar-refractivity contribution in [3.05, 3.63) is 120 Å². The highest BCUT2D eigenvalue weighted by molar-refractivity contribution is 6.01. The molecular formula is C28H26N4O2. The van der Waals surface area contributed by atoms with Crippen molar-refractivity contribution >= 4 is 34.6 Å². The lowest BCUT2D eigenvalue weighted by Crippen LogP contribution is -2.35. The molecule has 6 heteroatoms. The molecule has 0 radical (unpaired) electrons. The van der Waals surface area contributed by atoms with Gasteiger partial charge in [0.2, 0.25) is 0 Å². The smallest absolute Gasteiger partial charge is 0.253 e. The number of nitrogens with one attached hydrogen (secondary N) is 4. The summed E-state index contributed by atoms with van der Waals surface area (Å²) in [5.74, 6) is -0.418. The number of hydrogen-bond acceptors (Lipinski definition) is 4. The van der Waals surface area contributed by atoms with Crippen LogP contribution in [0.2, 0.25) is 0 Å². The monoisotopic (exact) mass is 450 g/mol. The van der Waals surface area contributed by atoms with Gasteiger partial charge in [-0.1, -0.05) is 60.7 Å². The van der Waals surface area contributed by atoms with Crippen LogP contribution in [0.5, 0.6) is 0 Å². The zero-order valence-corrected chi connectivity index (χ0v) is 18.6. The molecule has 0 bridgehead atoms. The van der Waals surface area contributed by atoms with E-state index in [1.165, 1.54) is 0 Å². The predicted molar refractivity (Wildman–Crippen MR) is 137 cm³/mol. The quantitative estimate of drug-likeness (QED) is 0.260. The molecule has 2 amide bonds. The maximum atomic E-state index is 12.8. The van der Waals surface area contributed by atoms with Crippen molar-refractivity contribution in [2.24, 2.45) is 0 Å². The number of rotatable bonds is 9. The Kier molecular flexibility index (Phi) is 7.54. The first kappa shape index (κ1) is 22.6. The van der Waals surface area contributed by atoms with Crippen LogP contribution >= 0.6 is 0 Å². The number of hydrogen-bond donors (Lipinski definition) is 4. The van der Waals surface area contributed by atoms with Crippen LogP contribution in [0.4, 0.5) is 22.7 Å². The van der Waals surface area contributed by atoms with Crippen molar-refractivity contribution in [1.82, 2.24) is 10.6 Å². The summed E-state index contributed by atoms with van der Waals surface area (Å²) < 4.78 is 0. The van der Waals surface area contributed by atoms with Gasteiger partial charge in [-0.3, -0.25) is 9.59 Å². The summed E-state index contributed by atoms with van der Waals surface area (Å²) in [6, 6.07) is 34.0. The number of para-hydroxylation sites is 4. The second-order valence-electron chi connectivity index (χ2n) is 7.59. The molecule has 0 aliphatic rings. The molecule has 4 rings (SSSR count). The van der Waals surface area contributed by atoms with Gasteiger partial charge >= 0.3 is 0 Å². The number of amides is 2. The molecule has 4 N–H and O–H groups in total. The topological polar surface area (TPSA) is 82.3 Å². The largest absolute Gasteiger partial charge is 0.355 e. The van der Waals surface area contributed by atoms with Crippen molar-refractivity contribution in [3.63, 3.8) is 0 Å². The summed E-state index contributed by atoms with van der Waals surface area (Å²) in [5, 5.41) is 12.3. The van der Waals surface area contributed by atoms with Crippen LogP contribution in [-0.2, 0) is 0 Å². The van der Waals surface area contributed by atoms with Gasteiger partial charge in [-0.15, -0.1) is 0 Å². The third-order valence-electron chi connectivity index (χ3n) is 5.15. The minimum Gasteiger partial charge on any atom is -0.355 e. The van der Waals surface area contributed by atoms with E-state index in [4.69, 9.17) is 0 Å². The van der Waals surface area contributed by atoms with E-state index in [2.05, 4.69) is 21.3 Å². The fourth-order valence-corrected chi connectivity index (χ4v) is 3.48. The lowest BCUT2D eigenvalue weighted by Gasteiger charge is -2.14. The number of carbonyl (C=O) groups excluding carboxylic acids is 2. The Morgan fingerprint density at radius 1 is 0.471 bits per heavy atom. The fourth-order valence-electron chi connectivity index (χ4n) is 3.48. The Bertz CT molecular complexity index is 1140. The number of anilines is 4. The van der Waals surface area contributed by atoms with Gasteiger partial charge < -0.3 is 21.3 Å². The van der Waals surface area contributed by atoms with Gasteiger partial charge in [0.1, 0.15) is 0 Å². The average molecular weight is 451 g/mol. The Balaban J connectivity index is 1.32. The SMILES string of the molecule is O=C(NCCNC(=O)c1ccccc1Nc1ccccc1)c1ccccc1Nc1ccccc1. The van der Waals surface area contributed by atoms with Crippen molar-refractivity contribution in [3.8, 4) is 0 Å². The van der Waals surface area contributed by atoms with E-state index in [0.717, 1.165) is 22.7 Å². The van der Waals surface area contributed by atoms with Gasteiger partial charge in [0.05, 0.1) is 22.5 Å². The first-order chi connectivity index (χ1) is 16.7. The Morgan fingerprint density at radius 2 is 0.824 bits per heavy atom. The maximum Gasteiger partial charge on any atom is 0.253 e. The molecule has 6 nitrogen and oxygen atoms in total. The molecular weight excluding hydrogens is 424 g/mol. The minimum absolute atomic E-state index is 0.209. The zero-order chi connectivity index (χ0) is 23.6. The average Bonchev–Trinajstić information content (AvgIpc) is 2.88. The van der Waals surface area contributed by atoms with E-state index >= 15 is 0 Å². The summed E-state index contributed by atoms with van der Waals surface area (Å²) in [5.41, 5.74) is 4.31. The highest BCUT2D eigenvalue weighted by atomic mass is 16.2. The van der Waals surface area contributed by atoms with Gasteiger partial charge in [0, 0.05) is 24.5 Å². The highest BCUT2D eigenvalue weighted by Crippen LogP contribution is 2.21. The van der Waals surface area contributed by atoms with E-state index in [0.29, 0.717) is 24.2 Å². The molecule has 0 saturated carbocycles. The molecule has 34 heavy (non-hydrogen) atoms. The molecule has 0 fully saturated rings. The van der Waals surface area contributed by atoms with Gasteiger partial charge in [0.15, 0.2) is 0 Å². The van der Waals surface area contributed by atoms with Crippen LogP contribution in [0.3, 0.4) is 0 Å². The molecule has 0 aromatic heterocycles. The molecule has 4 aromatic rings. The normalized spacial score (nSPS) is 10.2. The molecule has 170 valence electrons. The van der Waals surface area contributed by atoms with Gasteiger partial charge in [-0.25, -0.2) is 0 Å². The molecule has 0 unspecified atom stereocenters. The Morgan fingerprint density at radius 3 is 1.24 bits per heavy atom. The first-order valence-corrected chi connectivity index (χ1v) is 11.1. The fraction of sp³-hybridized carbons (Fsp3) is 0.0714. The molecule has 0 atom stereocenters. The first-order valence-electron chi connectivity index (χ1n) is 11.1. The standard InChI is InChI=1S/C28H26N4O2/c33-27(23-15-7-9-17-25(23)31-21-11-3-1-4-12-21)29-19-20-30-28(34)24-16-8-10-18-26(24)32-22-13-5-2-6-14-22/h1-18,31-32H,19-20H2,(H,29,33)(H,30,34). The van der Waals surface area contributed by atoms with E-state index in [1.807, 2.05) is 97.1 Å².